The summed E-state index contributed by atoms with van der Waals surface area (Å²) in [5, 5.41) is 3.62. The van der Waals surface area contributed by atoms with Gasteiger partial charge in [0.1, 0.15) is 0 Å². The van der Waals surface area contributed by atoms with Crippen LogP contribution in [0, 0.1) is 6.92 Å². The standard InChI is InChI=1S/C21H23N3OS/c1-15-9-11-17(12-10-15)13-22-20(25)16(2)26-21-23-14-19(24(21)3)18-7-5-4-6-8-18/h4-12,14,16H,13H2,1-3H3,(H,22,25). The number of carbonyl (C=O) groups excluding carboxylic acids is 1. The number of hydrogen-bond donors (Lipinski definition) is 1. The number of aryl methyl sites for hydroxylation is 1. The number of nitrogens with one attached hydrogen (secondary N) is 1. The van der Waals surface area contributed by atoms with E-state index in [2.05, 4.69) is 41.5 Å². The van der Waals surface area contributed by atoms with Crippen LogP contribution >= 0.6 is 11.8 Å². The highest BCUT2D eigenvalue weighted by atomic mass is 32.2. The number of nitrogens with zero attached hydrogens (tertiary/aromatic N) is 2. The van der Waals surface area contributed by atoms with Crippen LogP contribution in [0.15, 0.2) is 66.0 Å². The van der Waals surface area contributed by atoms with Crippen molar-refractivity contribution in [3.8, 4) is 11.3 Å². The van der Waals surface area contributed by atoms with Crippen LogP contribution in [-0.4, -0.2) is 20.7 Å². The van der Waals surface area contributed by atoms with Crippen molar-refractivity contribution in [1.29, 1.82) is 0 Å². The van der Waals surface area contributed by atoms with Gasteiger partial charge >= 0.3 is 0 Å². The molecule has 1 amide bonds. The Kier molecular flexibility index (Phi) is 5.78. The van der Waals surface area contributed by atoms with Crippen LogP contribution in [0.5, 0.6) is 0 Å². The Balaban J connectivity index is 1.61. The van der Waals surface area contributed by atoms with E-state index >= 15 is 0 Å². The molecular formula is C21H23N3OS. The van der Waals surface area contributed by atoms with Crippen molar-refractivity contribution in [1.82, 2.24) is 14.9 Å². The molecule has 5 heteroatoms. The minimum Gasteiger partial charge on any atom is -0.351 e. The van der Waals surface area contributed by atoms with Crippen LogP contribution in [0.2, 0.25) is 0 Å². The van der Waals surface area contributed by atoms with E-state index in [0.29, 0.717) is 6.54 Å². The maximum atomic E-state index is 12.4. The lowest BCUT2D eigenvalue weighted by Crippen LogP contribution is -2.30. The summed E-state index contributed by atoms with van der Waals surface area (Å²) >= 11 is 1.47. The van der Waals surface area contributed by atoms with Crippen molar-refractivity contribution in [2.24, 2.45) is 7.05 Å². The van der Waals surface area contributed by atoms with Crippen LogP contribution in [0.3, 0.4) is 0 Å². The van der Waals surface area contributed by atoms with Crippen LogP contribution in [0.1, 0.15) is 18.1 Å². The lowest BCUT2D eigenvalue weighted by molar-refractivity contribution is -0.120. The van der Waals surface area contributed by atoms with Gasteiger partial charge in [-0.3, -0.25) is 4.79 Å². The minimum absolute atomic E-state index is 0.0137. The van der Waals surface area contributed by atoms with Crippen LogP contribution in [-0.2, 0) is 18.4 Å². The van der Waals surface area contributed by atoms with Gasteiger partial charge < -0.3 is 9.88 Å². The molecule has 0 saturated heterocycles. The maximum Gasteiger partial charge on any atom is 0.233 e. The van der Waals surface area contributed by atoms with E-state index in [1.165, 1.54) is 17.3 Å². The molecule has 0 spiro atoms. The molecule has 1 unspecified atom stereocenters. The number of imidazole rings is 1. The third-order valence-corrected chi connectivity index (χ3v) is 5.41. The lowest BCUT2D eigenvalue weighted by atomic mass is 10.1. The summed E-state index contributed by atoms with van der Waals surface area (Å²) in [5.41, 5.74) is 4.48. The van der Waals surface area contributed by atoms with E-state index in [9.17, 15) is 4.79 Å². The van der Waals surface area contributed by atoms with Crippen LogP contribution in [0.25, 0.3) is 11.3 Å². The summed E-state index contributed by atoms with van der Waals surface area (Å²) in [7, 11) is 1.98. The highest BCUT2D eigenvalue weighted by Crippen LogP contribution is 2.27. The number of carbonyl (C=O) groups is 1. The summed E-state index contributed by atoms with van der Waals surface area (Å²) < 4.78 is 2.03. The van der Waals surface area contributed by atoms with E-state index < -0.39 is 0 Å². The molecule has 0 fully saturated rings. The highest BCUT2D eigenvalue weighted by Gasteiger charge is 2.18. The summed E-state index contributed by atoms with van der Waals surface area (Å²) in [4.78, 5) is 16.9. The topological polar surface area (TPSA) is 46.9 Å². The zero-order chi connectivity index (χ0) is 18.5. The Morgan fingerprint density at radius 3 is 2.54 bits per heavy atom. The summed E-state index contributed by atoms with van der Waals surface area (Å²) in [6, 6.07) is 18.3. The monoisotopic (exact) mass is 365 g/mol. The smallest absolute Gasteiger partial charge is 0.233 e. The molecule has 26 heavy (non-hydrogen) atoms. The average molecular weight is 366 g/mol. The fraction of sp³-hybridized carbons (Fsp3) is 0.238. The van der Waals surface area contributed by atoms with Crippen molar-refractivity contribution in [3.63, 3.8) is 0 Å². The van der Waals surface area contributed by atoms with Gasteiger partial charge in [-0.1, -0.05) is 71.9 Å². The molecule has 0 aliphatic heterocycles. The molecule has 0 aliphatic rings. The van der Waals surface area contributed by atoms with Gasteiger partial charge in [-0.05, 0) is 25.0 Å². The Morgan fingerprint density at radius 2 is 1.85 bits per heavy atom. The number of amides is 1. The predicted octanol–water partition coefficient (Wildman–Crippen LogP) is 4.19. The second-order valence-corrected chi connectivity index (χ2v) is 7.62. The van der Waals surface area contributed by atoms with Gasteiger partial charge in [0.15, 0.2) is 5.16 Å². The second kappa shape index (κ2) is 8.23. The number of benzene rings is 2. The Hall–Kier alpha value is -2.53. The van der Waals surface area contributed by atoms with Gasteiger partial charge in [-0.25, -0.2) is 4.98 Å². The molecule has 3 rings (SSSR count). The fourth-order valence-corrected chi connectivity index (χ4v) is 3.51. The van der Waals surface area contributed by atoms with Crippen molar-refractivity contribution in [3.05, 3.63) is 71.9 Å². The van der Waals surface area contributed by atoms with E-state index in [1.807, 2.05) is 55.1 Å². The van der Waals surface area contributed by atoms with Crippen molar-refractivity contribution in [2.45, 2.75) is 30.8 Å². The van der Waals surface area contributed by atoms with Gasteiger partial charge in [-0.15, -0.1) is 0 Å². The molecule has 1 heterocycles. The van der Waals surface area contributed by atoms with Gasteiger partial charge in [-0.2, -0.15) is 0 Å². The quantitative estimate of drug-likeness (QED) is 0.666. The molecule has 134 valence electrons. The van der Waals surface area contributed by atoms with Crippen molar-refractivity contribution >= 4 is 17.7 Å². The highest BCUT2D eigenvalue weighted by molar-refractivity contribution is 8.00. The Bertz CT molecular complexity index is 872. The first-order valence-corrected chi connectivity index (χ1v) is 9.49. The van der Waals surface area contributed by atoms with Crippen molar-refractivity contribution in [2.75, 3.05) is 0 Å². The number of aromatic nitrogens is 2. The first-order chi connectivity index (χ1) is 12.5. The molecule has 3 aromatic rings. The summed E-state index contributed by atoms with van der Waals surface area (Å²) in [6.07, 6.45) is 1.86. The molecule has 0 radical (unpaired) electrons. The molecule has 1 N–H and O–H groups in total. The zero-order valence-electron chi connectivity index (χ0n) is 15.3. The zero-order valence-corrected chi connectivity index (χ0v) is 16.1. The van der Waals surface area contributed by atoms with Crippen molar-refractivity contribution < 1.29 is 4.79 Å². The average Bonchev–Trinajstić information content (AvgIpc) is 3.02. The molecule has 4 nitrogen and oxygen atoms in total. The molecule has 0 bridgehead atoms. The van der Waals surface area contributed by atoms with E-state index in [1.54, 1.807) is 0 Å². The van der Waals surface area contributed by atoms with Gasteiger partial charge in [0, 0.05) is 13.6 Å². The maximum absolute atomic E-state index is 12.4. The summed E-state index contributed by atoms with van der Waals surface area (Å²) in [5.74, 6) is 0.0137. The largest absolute Gasteiger partial charge is 0.351 e. The van der Waals surface area contributed by atoms with E-state index in [4.69, 9.17) is 0 Å². The van der Waals surface area contributed by atoms with E-state index in [-0.39, 0.29) is 11.2 Å². The lowest BCUT2D eigenvalue weighted by Gasteiger charge is -2.12. The SMILES string of the molecule is Cc1ccc(CNC(=O)C(C)Sc2ncc(-c3ccccc3)n2C)cc1. The Morgan fingerprint density at radius 1 is 1.15 bits per heavy atom. The van der Waals surface area contributed by atoms with E-state index in [0.717, 1.165) is 22.0 Å². The molecule has 1 atom stereocenters. The third kappa shape index (κ3) is 4.35. The molecular weight excluding hydrogens is 342 g/mol. The van der Waals surface area contributed by atoms with Crippen LogP contribution < -0.4 is 5.32 Å². The van der Waals surface area contributed by atoms with Gasteiger partial charge in [0.2, 0.25) is 5.91 Å². The number of rotatable bonds is 6. The molecule has 2 aromatic carbocycles. The van der Waals surface area contributed by atoms with Gasteiger partial charge in [0.25, 0.3) is 0 Å². The van der Waals surface area contributed by atoms with Gasteiger partial charge in [0.05, 0.1) is 17.1 Å². The number of hydrogen-bond acceptors (Lipinski definition) is 3. The predicted molar refractivity (Wildman–Crippen MR) is 107 cm³/mol. The first kappa shape index (κ1) is 18.3. The molecule has 1 aromatic heterocycles. The minimum atomic E-state index is -0.217. The number of thioether (sulfide) groups is 1. The Labute approximate surface area is 158 Å². The molecule has 0 aliphatic carbocycles. The molecule has 0 saturated carbocycles. The second-order valence-electron chi connectivity index (χ2n) is 6.31. The van der Waals surface area contributed by atoms with Crippen LogP contribution in [0.4, 0.5) is 0 Å². The third-order valence-electron chi connectivity index (χ3n) is 4.25. The summed E-state index contributed by atoms with van der Waals surface area (Å²) in [6.45, 7) is 4.50. The normalized spacial score (nSPS) is 12.0. The first-order valence-electron chi connectivity index (χ1n) is 8.61. The fourth-order valence-electron chi connectivity index (χ4n) is 2.63.